The fourth-order valence-corrected chi connectivity index (χ4v) is 3.29. The molecular weight excluding hydrogens is 308 g/mol. The summed E-state index contributed by atoms with van der Waals surface area (Å²) in [7, 11) is 1.67. The Morgan fingerprint density at radius 2 is 2.21 bits per heavy atom. The SMILES string of the molecule is CO[C@@H]1C[C@@H](c2nc(C)c(C)[nH]2)N(C(=O)c2cc(C3CC3)no2)C1. The molecule has 1 saturated heterocycles. The quantitative estimate of drug-likeness (QED) is 0.931. The number of aromatic amines is 1. The smallest absolute Gasteiger partial charge is 0.293 e. The molecule has 1 N–H and O–H groups in total. The van der Waals surface area contributed by atoms with Gasteiger partial charge in [0.05, 0.1) is 23.5 Å². The van der Waals surface area contributed by atoms with Gasteiger partial charge in [-0.25, -0.2) is 4.98 Å². The molecule has 2 aliphatic rings. The van der Waals surface area contributed by atoms with E-state index >= 15 is 0 Å². The molecule has 128 valence electrons. The van der Waals surface area contributed by atoms with E-state index < -0.39 is 0 Å². The van der Waals surface area contributed by atoms with Crippen LogP contribution in [0.3, 0.4) is 0 Å². The van der Waals surface area contributed by atoms with Crippen LogP contribution >= 0.6 is 0 Å². The number of methoxy groups -OCH3 is 1. The average molecular weight is 330 g/mol. The first-order chi connectivity index (χ1) is 11.6. The number of amides is 1. The monoisotopic (exact) mass is 330 g/mol. The second kappa shape index (κ2) is 5.73. The lowest BCUT2D eigenvalue weighted by Crippen LogP contribution is -2.32. The van der Waals surface area contributed by atoms with Crippen LogP contribution in [0.2, 0.25) is 0 Å². The number of hydrogen-bond acceptors (Lipinski definition) is 5. The molecule has 2 atom stereocenters. The Labute approximate surface area is 140 Å². The van der Waals surface area contributed by atoms with E-state index in [0.717, 1.165) is 42.2 Å². The molecule has 4 rings (SSSR count). The van der Waals surface area contributed by atoms with Crippen LogP contribution in [0.15, 0.2) is 10.6 Å². The van der Waals surface area contributed by atoms with Gasteiger partial charge in [-0.15, -0.1) is 0 Å². The predicted octanol–water partition coefficient (Wildman–Crippen LogP) is 2.49. The number of ether oxygens (including phenoxy) is 1. The van der Waals surface area contributed by atoms with Crippen LogP contribution in [0.25, 0.3) is 0 Å². The molecule has 0 unspecified atom stereocenters. The lowest BCUT2D eigenvalue weighted by Gasteiger charge is -2.21. The number of likely N-dealkylation sites (tertiary alicyclic amines) is 1. The number of H-pyrrole nitrogens is 1. The first-order valence-corrected chi connectivity index (χ1v) is 8.40. The number of carbonyl (C=O) groups is 1. The summed E-state index contributed by atoms with van der Waals surface area (Å²) in [6.07, 6.45) is 2.97. The van der Waals surface area contributed by atoms with Gasteiger partial charge in [-0.05, 0) is 26.7 Å². The van der Waals surface area contributed by atoms with Crippen molar-refractivity contribution in [3.8, 4) is 0 Å². The van der Waals surface area contributed by atoms with Crippen molar-refractivity contribution in [2.45, 2.75) is 51.2 Å². The van der Waals surface area contributed by atoms with E-state index in [9.17, 15) is 4.79 Å². The third kappa shape index (κ3) is 2.62. The number of nitrogens with one attached hydrogen (secondary N) is 1. The third-order valence-electron chi connectivity index (χ3n) is 5.05. The van der Waals surface area contributed by atoms with Gasteiger partial charge in [0, 0.05) is 37.8 Å². The maximum absolute atomic E-state index is 12.9. The Balaban J connectivity index is 1.61. The molecular formula is C17H22N4O3. The Bertz CT molecular complexity index is 742. The third-order valence-corrected chi connectivity index (χ3v) is 5.05. The summed E-state index contributed by atoms with van der Waals surface area (Å²) >= 11 is 0. The van der Waals surface area contributed by atoms with Crippen LogP contribution in [-0.4, -0.2) is 45.7 Å². The molecule has 0 spiro atoms. The molecule has 1 aliphatic heterocycles. The van der Waals surface area contributed by atoms with Gasteiger partial charge < -0.3 is 19.1 Å². The van der Waals surface area contributed by atoms with Gasteiger partial charge in [0.25, 0.3) is 5.91 Å². The summed E-state index contributed by atoms with van der Waals surface area (Å²) in [6.45, 7) is 4.47. The van der Waals surface area contributed by atoms with Crippen LogP contribution in [0.1, 0.15) is 64.7 Å². The van der Waals surface area contributed by atoms with E-state index in [1.807, 2.05) is 13.8 Å². The summed E-state index contributed by atoms with van der Waals surface area (Å²) < 4.78 is 10.8. The van der Waals surface area contributed by atoms with Crippen LogP contribution in [0.4, 0.5) is 0 Å². The van der Waals surface area contributed by atoms with E-state index in [1.54, 1.807) is 18.1 Å². The predicted molar refractivity (Wildman–Crippen MR) is 85.7 cm³/mol. The zero-order valence-corrected chi connectivity index (χ0v) is 14.2. The second-order valence-corrected chi connectivity index (χ2v) is 6.79. The topological polar surface area (TPSA) is 84.2 Å². The van der Waals surface area contributed by atoms with Crippen LogP contribution in [0.5, 0.6) is 0 Å². The van der Waals surface area contributed by atoms with Gasteiger partial charge in [0.1, 0.15) is 5.82 Å². The molecule has 0 aromatic carbocycles. The summed E-state index contributed by atoms with van der Waals surface area (Å²) in [6, 6.07) is 1.65. The Morgan fingerprint density at radius 3 is 2.83 bits per heavy atom. The molecule has 1 amide bonds. The molecule has 1 saturated carbocycles. The second-order valence-electron chi connectivity index (χ2n) is 6.79. The molecule has 2 fully saturated rings. The van der Waals surface area contributed by atoms with Gasteiger partial charge >= 0.3 is 0 Å². The highest BCUT2D eigenvalue weighted by atomic mass is 16.5. The Morgan fingerprint density at radius 1 is 1.42 bits per heavy atom. The molecule has 1 aliphatic carbocycles. The number of hydrogen-bond donors (Lipinski definition) is 1. The maximum Gasteiger partial charge on any atom is 0.293 e. The molecule has 7 heteroatoms. The normalized spacial score (nSPS) is 23.9. The van der Waals surface area contributed by atoms with Crippen molar-refractivity contribution in [1.29, 1.82) is 0 Å². The van der Waals surface area contributed by atoms with Crippen LogP contribution in [0, 0.1) is 13.8 Å². The summed E-state index contributed by atoms with van der Waals surface area (Å²) in [5.74, 6) is 1.43. The summed E-state index contributed by atoms with van der Waals surface area (Å²) in [5.41, 5.74) is 2.87. The minimum absolute atomic E-state index is 0.00418. The maximum atomic E-state index is 12.9. The number of aryl methyl sites for hydroxylation is 2. The van der Waals surface area contributed by atoms with Crippen molar-refractivity contribution in [2.24, 2.45) is 0 Å². The molecule has 0 radical (unpaired) electrons. The van der Waals surface area contributed by atoms with E-state index in [-0.39, 0.29) is 18.1 Å². The highest BCUT2D eigenvalue weighted by Crippen LogP contribution is 2.40. The molecule has 0 bridgehead atoms. The highest BCUT2D eigenvalue weighted by Gasteiger charge is 2.40. The van der Waals surface area contributed by atoms with Crippen molar-refractivity contribution in [2.75, 3.05) is 13.7 Å². The van der Waals surface area contributed by atoms with E-state index in [1.165, 1.54) is 0 Å². The van der Waals surface area contributed by atoms with Gasteiger partial charge in [-0.1, -0.05) is 5.16 Å². The largest absolute Gasteiger partial charge is 0.380 e. The fourth-order valence-electron chi connectivity index (χ4n) is 3.29. The number of rotatable bonds is 4. The number of nitrogens with zero attached hydrogens (tertiary/aromatic N) is 3. The minimum Gasteiger partial charge on any atom is -0.380 e. The molecule has 2 aromatic rings. The molecule has 2 aromatic heterocycles. The Kier molecular flexibility index (Phi) is 3.68. The van der Waals surface area contributed by atoms with E-state index in [0.29, 0.717) is 18.2 Å². The lowest BCUT2D eigenvalue weighted by molar-refractivity contribution is 0.0645. The molecule has 24 heavy (non-hydrogen) atoms. The van der Waals surface area contributed by atoms with Gasteiger partial charge in [0.2, 0.25) is 5.76 Å². The van der Waals surface area contributed by atoms with E-state index in [2.05, 4.69) is 15.1 Å². The van der Waals surface area contributed by atoms with E-state index in [4.69, 9.17) is 9.26 Å². The number of imidazole rings is 1. The first-order valence-electron chi connectivity index (χ1n) is 8.40. The average Bonchev–Trinajstić information content (AvgIpc) is 3.02. The van der Waals surface area contributed by atoms with Gasteiger partial charge in [-0.3, -0.25) is 4.79 Å². The van der Waals surface area contributed by atoms with Crippen molar-refractivity contribution in [3.05, 3.63) is 34.7 Å². The molecule has 3 heterocycles. The van der Waals surface area contributed by atoms with Crippen LogP contribution < -0.4 is 0 Å². The van der Waals surface area contributed by atoms with Crippen molar-refractivity contribution >= 4 is 5.91 Å². The first kappa shape index (κ1) is 15.4. The standard InChI is InChI=1S/C17H22N4O3/c1-9-10(2)19-16(18-9)14-6-12(23-3)8-21(14)17(22)15-7-13(20-24-15)11-4-5-11/h7,11-12,14H,4-6,8H2,1-3H3,(H,18,19)/t12-,14+/m1/s1. The number of aromatic nitrogens is 3. The van der Waals surface area contributed by atoms with Crippen molar-refractivity contribution in [1.82, 2.24) is 20.0 Å². The summed E-state index contributed by atoms with van der Waals surface area (Å²) in [5, 5.41) is 4.05. The zero-order valence-electron chi connectivity index (χ0n) is 14.2. The fraction of sp³-hybridized carbons (Fsp3) is 0.588. The Hall–Kier alpha value is -2.15. The lowest BCUT2D eigenvalue weighted by atomic mass is 10.2. The minimum atomic E-state index is -0.148. The van der Waals surface area contributed by atoms with Crippen molar-refractivity contribution in [3.63, 3.8) is 0 Å². The zero-order chi connectivity index (χ0) is 16.8. The summed E-state index contributed by atoms with van der Waals surface area (Å²) in [4.78, 5) is 22.6. The van der Waals surface area contributed by atoms with Gasteiger partial charge in [0.15, 0.2) is 0 Å². The van der Waals surface area contributed by atoms with Crippen molar-refractivity contribution < 1.29 is 14.1 Å². The highest BCUT2D eigenvalue weighted by molar-refractivity contribution is 5.92. The van der Waals surface area contributed by atoms with Crippen LogP contribution in [-0.2, 0) is 4.74 Å². The molecule has 7 nitrogen and oxygen atoms in total. The number of carbonyl (C=O) groups excluding carboxylic acids is 1. The van der Waals surface area contributed by atoms with Gasteiger partial charge in [-0.2, -0.15) is 0 Å².